The molecule has 118 valence electrons. The first kappa shape index (κ1) is 16.1. The number of rotatable bonds is 4. The molecule has 0 spiro atoms. The molecule has 1 saturated heterocycles. The van der Waals surface area contributed by atoms with Crippen LogP contribution >= 0.6 is 0 Å². The molecule has 0 bridgehead atoms. The summed E-state index contributed by atoms with van der Waals surface area (Å²) in [5.74, 6) is 2.72. The van der Waals surface area contributed by atoms with Crippen LogP contribution in [0.3, 0.4) is 0 Å². The molecule has 21 heavy (non-hydrogen) atoms. The summed E-state index contributed by atoms with van der Waals surface area (Å²) in [5, 5.41) is 3.32. The molecule has 1 atom stereocenters. The Labute approximate surface area is 129 Å². The van der Waals surface area contributed by atoms with Crippen LogP contribution in [0.4, 0.5) is 11.6 Å². The van der Waals surface area contributed by atoms with Crippen LogP contribution in [0.5, 0.6) is 0 Å². The molecule has 2 rings (SSSR count). The zero-order chi connectivity index (χ0) is 15.3. The van der Waals surface area contributed by atoms with Gasteiger partial charge in [-0.2, -0.15) is 0 Å². The average molecular weight is 290 g/mol. The maximum Gasteiger partial charge on any atom is 0.149 e. The van der Waals surface area contributed by atoms with Gasteiger partial charge in [-0.25, -0.2) is 4.98 Å². The first-order valence-electron chi connectivity index (χ1n) is 8.31. The highest BCUT2D eigenvalue weighted by Gasteiger charge is 2.27. The first-order chi connectivity index (χ1) is 10.0. The maximum atomic E-state index is 4.72. The molecule has 1 aliphatic rings. The second kappa shape index (κ2) is 7.10. The summed E-state index contributed by atoms with van der Waals surface area (Å²) < 4.78 is 0. The van der Waals surface area contributed by atoms with E-state index in [1.165, 1.54) is 19.3 Å². The molecule has 2 heterocycles. The van der Waals surface area contributed by atoms with Gasteiger partial charge in [0.2, 0.25) is 0 Å². The lowest BCUT2D eigenvalue weighted by Crippen LogP contribution is -2.27. The molecule has 1 aromatic heterocycles. The van der Waals surface area contributed by atoms with Crippen molar-refractivity contribution >= 4 is 11.6 Å². The third kappa shape index (κ3) is 4.58. The van der Waals surface area contributed by atoms with E-state index in [2.05, 4.69) is 42.9 Å². The monoisotopic (exact) mass is 290 g/mol. The van der Waals surface area contributed by atoms with Crippen LogP contribution in [0.1, 0.15) is 53.4 Å². The maximum absolute atomic E-state index is 4.72. The van der Waals surface area contributed by atoms with Crippen molar-refractivity contribution in [3.8, 4) is 0 Å². The summed E-state index contributed by atoms with van der Waals surface area (Å²) in [6, 6.07) is 0. The zero-order valence-corrected chi connectivity index (χ0v) is 14.0. The average Bonchev–Trinajstić information content (AvgIpc) is 2.71. The molecule has 0 amide bonds. The largest absolute Gasteiger partial charge is 0.369 e. The van der Waals surface area contributed by atoms with E-state index in [1.807, 2.05) is 12.4 Å². The SMILES string of the molecule is CCCNc1cncc(N2CCCC(C(C)(C)C)CC2)n1. The molecule has 1 aliphatic heterocycles. The van der Waals surface area contributed by atoms with Crippen molar-refractivity contribution in [2.24, 2.45) is 11.3 Å². The van der Waals surface area contributed by atoms with Gasteiger partial charge in [-0.3, -0.25) is 4.98 Å². The number of nitrogens with one attached hydrogen (secondary N) is 1. The summed E-state index contributed by atoms with van der Waals surface area (Å²) in [5.41, 5.74) is 0.409. The van der Waals surface area contributed by atoms with E-state index in [-0.39, 0.29) is 0 Å². The van der Waals surface area contributed by atoms with E-state index >= 15 is 0 Å². The van der Waals surface area contributed by atoms with Gasteiger partial charge in [0, 0.05) is 19.6 Å². The Balaban J connectivity index is 2.02. The Morgan fingerprint density at radius 3 is 2.76 bits per heavy atom. The molecule has 1 fully saturated rings. The van der Waals surface area contributed by atoms with E-state index in [0.29, 0.717) is 5.41 Å². The van der Waals surface area contributed by atoms with Crippen LogP contribution < -0.4 is 10.2 Å². The van der Waals surface area contributed by atoms with Crippen molar-refractivity contribution in [2.75, 3.05) is 29.9 Å². The van der Waals surface area contributed by atoms with Crippen molar-refractivity contribution in [1.82, 2.24) is 9.97 Å². The number of hydrogen-bond acceptors (Lipinski definition) is 4. The van der Waals surface area contributed by atoms with Gasteiger partial charge < -0.3 is 10.2 Å². The zero-order valence-electron chi connectivity index (χ0n) is 14.0. The van der Waals surface area contributed by atoms with Crippen LogP contribution in [0.2, 0.25) is 0 Å². The highest BCUT2D eigenvalue weighted by atomic mass is 15.2. The fraction of sp³-hybridized carbons (Fsp3) is 0.765. The smallest absolute Gasteiger partial charge is 0.149 e. The van der Waals surface area contributed by atoms with Crippen molar-refractivity contribution in [3.05, 3.63) is 12.4 Å². The Hall–Kier alpha value is -1.32. The van der Waals surface area contributed by atoms with Crippen molar-refractivity contribution in [1.29, 1.82) is 0 Å². The minimum atomic E-state index is 0.409. The molecule has 0 aromatic carbocycles. The normalized spacial score (nSPS) is 20.2. The molecule has 1 aromatic rings. The van der Waals surface area contributed by atoms with Crippen molar-refractivity contribution < 1.29 is 0 Å². The lowest BCUT2D eigenvalue weighted by atomic mass is 9.77. The fourth-order valence-electron chi connectivity index (χ4n) is 3.04. The standard InChI is InChI=1S/C17H30N4/c1-5-9-19-15-12-18-13-16(20-15)21-10-6-7-14(8-11-21)17(2,3)4/h12-14H,5-11H2,1-4H3,(H,19,20). The minimum Gasteiger partial charge on any atom is -0.369 e. The van der Waals surface area contributed by atoms with Crippen LogP contribution in [0.25, 0.3) is 0 Å². The minimum absolute atomic E-state index is 0.409. The molecule has 4 nitrogen and oxygen atoms in total. The van der Waals surface area contributed by atoms with Gasteiger partial charge in [0.15, 0.2) is 0 Å². The second-order valence-electron chi connectivity index (χ2n) is 7.17. The number of hydrogen-bond donors (Lipinski definition) is 1. The van der Waals surface area contributed by atoms with E-state index < -0.39 is 0 Å². The van der Waals surface area contributed by atoms with E-state index in [4.69, 9.17) is 4.98 Å². The molecule has 1 unspecified atom stereocenters. The Kier molecular flexibility index (Phi) is 5.43. The third-order valence-electron chi connectivity index (χ3n) is 4.45. The van der Waals surface area contributed by atoms with Crippen LogP contribution in [0.15, 0.2) is 12.4 Å². The predicted molar refractivity (Wildman–Crippen MR) is 89.8 cm³/mol. The molecular formula is C17H30N4. The van der Waals surface area contributed by atoms with Gasteiger partial charge in [0.25, 0.3) is 0 Å². The Morgan fingerprint density at radius 1 is 1.24 bits per heavy atom. The molecule has 0 aliphatic carbocycles. The number of anilines is 2. The first-order valence-corrected chi connectivity index (χ1v) is 8.31. The Morgan fingerprint density at radius 2 is 2.05 bits per heavy atom. The van der Waals surface area contributed by atoms with E-state index in [9.17, 15) is 0 Å². The predicted octanol–water partition coefficient (Wildman–Crippen LogP) is 3.95. The van der Waals surface area contributed by atoms with Gasteiger partial charge in [0.05, 0.1) is 12.4 Å². The van der Waals surface area contributed by atoms with Crippen molar-refractivity contribution in [2.45, 2.75) is 53.4 Å². The van der Waals surface area contributed by atoms with Gasteiger partial charge in [-0.1, -0.05) is 27.7 Å². The van der Waals surface area contributed by atoms with E-state index in [1.54, 1.807) is 0 Å². The summed E-state index contributed by atoms with van der Waals surface area (Å²) in [4.78, 5) is 11.5. The lowest BCUT2D eigenvalue weighted by molar-refractivity contribution is 0.220. The number of aromatic nitrogens is 2. The molecule has 1 N–H and O–H groups in total. The highest BCUT2D eigenvalue weighted by molar-refractivity contribution is 5.43. The van der Waals surface area contributed by atoms with Gasteiger partial charge >= 0.3 is 0 Å². The summed E-state index contributed by atoms with van der Waals surface area (Å²) in [6.07, 6.45) is 8.63. The quantitative estimate of drug-likeness (QED) is 0.911. The summed E-state index contributed by atoms with van der Waals surface area (Å²) in [6.45, 7) is 12.4. The van der Waals surface area contributed by atoms with E-state index in [0.717, 1.165) is 43.6 Å². The molecule has 0 radical (unpaired) electrons. The fourth-order valence-corrected chi connectivity index (χ4v) is 3.04. The van der Waals surface area contributed by atoms with Gasteiger partial charge in [-0.05, 0) is 37.0 Å². The van der Waals surface area contributed by atoms with Gasteiger partial charge in [-0.15, -0.1) is 0 Å². The molecule has 0 saturated carbocycles. The Bertz CT molecular complexity index is 439. The van der Waals surface area contributed by atoms with Crippen LogP contribution in [-0.2, 0) is 0 Å². The molecule has 4 heteroatoms. The van der Waals surface area contributed by atoms with Crippen LogP contribution in [-0.4, -0.2) is 29.6 Å². The number of nitrogens with zero attached hydrogens (tertiary/aromatic N) is 3. The second-order valence-corrected chi connectivity index (χ2v) is 7.17. The lowest BCUT2D eigenvalue weighted by Gasteiger charge is -2.29. The highest BCUT2D eigenvalue weighted by Crippen LogP contribution is 2.34. The summed E-state index contributed by atoms with van der Waals surface area (Å²) in [7, 11) is 0. The third-order valence-corrected chi connectivity index (χ3v) is 4.45. The van der Waals surface area contributed by atoms with Gasteiger partial charge in [0.1, 0.15) is 11.6 Å². The topological polar surface area (TPSA) is 41.1 Å². The molecular weight excluding hydrogens is 260 g/mol. The summed E-state index contributed by atoms with van der Waals surface area (Å²) >= 11 is 0. The van der Waals surface area contributed by atoms with Crippen LogP contribution in [0, 0.1) is 11.3 Å². The van der Waals surface area contributed by atoms with Crippen molar-refractivity contribution in [3.63, 3.8) is 0 Å².